The zero-order valence-electron chi connectivity index (χ0n) is 15.2. The van der Waals surface area contributed by atoms with Crippen molar-refractivity contribution >= 4 is 17.2 Å². The van der Waals surface area contributed by atoms with Crippen molar-refractivity contribution in [1.29, 1.82) is 0 Å². The molecule has 0 spiro atoms. The van der Waals surface area contributed by atoms with Crippen molar-refractivity contribution in [3.05, 3.63) is 66.1 Å². The van der Waals surface area contributed by atoms with Crippen LogP contribution in [0, 0.1) is 0 Å². The van der Waals surface area contributed by atoms with Gasteiger partial charge in [0.05, 0.1) is 16.9 Å². The van der Waals surface area contributed by atoms with Gasteiger partial charge in [-0.05, 0) is 43.5 Å². The van der Waals surface area contributed by atoms with Crippen LogP contribution >= 0.6 is 0 Å². The number of rotatable bonds is 6. The lowest BCUT2D eigenvalue weighted by atomic mass is 9.95. The van der Waals surface area contributed by atoms with E-state index in [1.54, 1.807) is 12.4 Å². The van der Waals surface area contributed by atoms with Gasteiger partial charge in [0.1, 0.15) is 0 Å². The maximum Gasteiger partial charge on any atom is 0.166 e. The molecule has 0 saturated heterocycles. The summed E-state index contributed by atoms with van der Waals surface area (Å²) in [6.07, 6.45) is 6.52. The van der Waals surface area contributed by atoms with Crippen LogP contribution in [0.25, 0.3) is 11.3 Å². The molecule has 0 aliphatic heterocycles. The first-order valence-corrected chi connectivity index (χ1v) is 9.41. The average Bonchev–Trinajstić information content (AvgIpc) is 3.02. The Morgan fingerprint density at radius 3 is 2.59 bits per heavy atom. The van der Waals surface area contributed by atoms with Gasteiger partial charge in [-0.25, -0.2) is 0 Å². The Kier molecular flexibility index (Phi) is 5.03. The van der Waals surface area contributed by atoms with Crippen molar-refractivity contribution in [3.63, 3.8) is 0 Å². The van der Waals surface area contributed by atoms with Crippen molar-refractivity contribution in [3.8, 4) is 11.3 Å². The molecular weight excluding hydrogens is 338 g/mol. The molecule has 0 amide bonds. The molecule has 2 aromatic heterocycles. The Hall–Kier alpha value is -2.92. The molecular formula is C22H23N3O2. The number of nitrogens with zero attached hydrogens (tertiary/aromatic N) is 2. The van der Waals surface area contributed by atoms with Crippen LogP contribution in [-0.4, -0.2) is 27.0 Å². The summed E-state index contributed by atoms with van der Waals surface area (Å²) in [7, 11) is 0. The van der Waals surface area contributed by atoms with E-state index in [0.29, 0.717) is 19.4 Å². The van der Waals surface area contributed by atoms with Crippen LogP contribution in [0.2, 0.25) is 0 Å². The number of anilines is 2. The van der Waals surface area contributed by atoms with Gasteiger partial charge in [0, 0.05) is 48.9 Å². The van der Waals surface area contributed by atoms with Crippen molar-refractivity contribution in [2.75, 3.05) is 11.9 Å². The fraction of sp³-hybridized carbons (Fsp3) is 0.273. The van der Waals surface area contributed by atoms with E-state index in [1.807, 2.05) is 42.5 Å². The second kappa shape index (κ2) is 7.76. The van der Waals surface area contributed by atoms with E-state index in [2.05, 4.69) is 14.9 Å². The standard InChI is InChI=1S/C22H23N3O2/c26-15-5-14-25-18-8-4-9-19(27)20(18)21(24-17-6-2-1-3-7-17)22(25)16-10-12-23-13-11-16/h1-3,6-7,10-13,24,26H,4-5,8-9,14-15H2. The second-order valence-electron chi connectivity index (χ2n) is 6.78. The monoisotopic (exact) mass is 361 g/mol. The predicted octanol–water partition coefficient (Wildman–Crippen LogP) is 4.20. The van der Waals surface area contributed by atoms with Crippen LogP contribution in [0.3, 0.4) is 0 Å². The highest BCUT2D eigenvalue weighted by Crippen LogP contribution is 2.41. The highest BCUT2D eigenvalue weighted by Gasteiger charge is 2.30. The third-order valence-electron chi connectivity index (χ3n) is 5.00. The molecule has 1 aliphatic rings. The molecule has 1 aliphatic carbocycles. The summed E-state index contributed by atoms with van der Waals surface area (Å²) in [4.78, 5) is 17.0. The smallest absolute Gasteiger partial charge is 0.166 e. The number of pyridine rings is 1. The molecule has 0 fully saturated rings. The van der Waals surface area contributed by atoms with Crippen LogP contribution in [0.15, 0.2) is 54.9 Å². The molecule has 2 heterocycles. The first kappa shape index (κ1) is 17.5. The summed E-state index contributed by atoms with van der Waals surface area (Å²) in [5, 5.41) is 12.9. The van der Waals surface area contributed by atoms with Gasteiger partial charge in [-0.15, -0.1) is 0 Å². The fourth-order valence-corrected chi connectivity index (χ4v) is 3.84. The molecule has 0 unspecified atom stereocenters. The van der Waals surface area contributed by atoms with Crippen LogP contribution in [0.5, 0.6) is 0 Å². The second-order valence-corrected chi connectivity index (χ2v) is 6.78. The SMILES string of the molecule is O=C1CCCc2c1c(Nc1ccccc1)c(-c1ccncc1)n2CCCO. The third-order valence-corrected chi connectivity index (χ3v) is 5.00. The molecule has 0 atom stereocenters. The summed E-state index contributed by atoms with van der Waals surface area (Å²) < 4.78 is 2.21. The molecule has 0 saturated carbocycles. The number of nitrogens with one attached hydrogen (secondary N) is 1. The highest BCUT2D eigenvalue weighted by atomic mass is 16.3. The number of benzene rings is 1. The fourth-order valence-electron chi connectivity index (χ4n) is 3.84. The number of ketones is 1. The first-order valence-electron chi connectivity index (χ1n) is 9.41. The quantitative estimate of drug-likeness (QED) is 0.691. The van der Waals surface area contributed by atoms with Gasteiger partial charge >= 0.3 is 0 Å². The van der Waals surface area contributed by atoms with Gasteiger partial charge in [-0.3, -0.25) is 9.78 Å². The minimum Gasteiger partial charge on any atom is -0.396 e. The van der Waals surface area contributed by atoms with Crippen LogP contribution in [0.1, 0.15) is 35.3 Å². The average molecular weight is 361 g/mol. The van der Waals surface area contributed by atoms with E-state index < -0.39 is 0 Å². The highest BCUT2D eigenvalue weighted by molar-refractivity contribution is 6.07. The van der Waals surface area contributed by atoms with E-state index in [4.69, 9.17) is 0 Å². The molecule has 5 heteroatoms. The number of carbonyl (C=O) groups is 1. The Balaban J connectivity index is 1.93. The Morgan fingerprint density at radius 1 is 1.07 bits per heavy atom. The maximum atomic E-state index is 12.9. The third kappa shape index (κ3) is 3.38. The van der Waals surface area contributed by atoms with Gasteiger partial charge in [0.25, 0.3) is 0 Å². The van der Waals surface area contributed by atoms with Crippen molar-refractivity contribution in [1.82, 2.24) is 9.55 Å². The van der Waals surface area contributed by atoms with E-state index in [1.165, 1.54) is 0 Å². The minimum absolute atomic E-state index is 0.123. The van der Waals surface area contributed by atoms with Crippen LogP contribution in [-0.2, 0) is 13.0 Å². The van der Waals surface area contributed by atoms with Crippen molar-refractivity contribution in [2.24, 2.45) is 0 Å². The number of para-hydroxylation sites is 1. The topological polar surface area (TPSA) is 67.2 Å². The number of fused-ring (bicyclic) bond motifs is 1. The molecule has 1 aromatic carbocycles. The molecule has 27 heavy (non-hydrogen) atoms. The molecule has 0 radical (unpaired) electrons. The van der Waals surface area contributed by atoms with E-state index in [0.717, 1.165) is 46.7 Å². The lowest BCUT2D eigenvalue weighted by molar-refractivity contribution is 0.0972. The summed E-state index contributed by atoms with van der Waals surface area (Å²) in [5.74, 6) is 0.188. The molecule has 5 nitrogen and oxygen atoms in total. The Bertz CT molecular complexity index is 933. The maximum absolute atomic E-state index is 12.9. The van der Waals surface area contributed by atoms with Gasteiger partial charge < -0.3 is 15.0 Å². The van der Waals surface area contributed by atoms with Crippen LogP contribution in [0.4, 0.5) is 11.4 Å². The number of aromatic nitrogens is 2. The molecule has 0 bridgehead atoms. The number of carbonyl (C=O) groups excluding carboxylic acids is 1. The Morgan fingerprint density at radius 2 is 1.85 bits per heavy atom. The summed E-state index contributed by atoms with van der Waals surface area (Å²) in [5.41, 5.74) is 5.71. The Labute approximate surface area is 158 Å². The van der Waals surface area contributed by atoms with Gasteiger partial charge in [-0.2, -0.15) is 0 Å². The minimum atomic E-state index is 0.123. The number of aliphatic hydroxyl groups is 1. The molecule has 2 N–H and O–H groups in total. The first-order chi connectivity index (χ1) is 13.3. The predicted molar refractivity (Wildman–Crippen MR) is 106 cm³/mol. The summed E-state index contributed by atoms with van der Waals surface area (Å²) in [6, 6.07) is 13.9. The zero-order chi connectivity index (χ0) is 18.6. The van der Waals surface area contributed by atoms with Gasteiger partial charge in [-0.1, -0.05) is 18.2 Å². The number of hydrogen-bond donors (Lipinski definition) is 2. The molecule has 3 aromatic rings. The normalized spacial score (nSPS) is 13.4. The zero-order valence-corrected chi connectivity index (χ0v) is 15.2. The molecule has 4 rings (SSSR count). The van der Waals surface area contributed by atoms with E-state index in [9.17, 15) is 9.90 Å². The van der Waals surface area contributed by atoms with Gasteiger partial charge in [0.2, 0.25) is 0 Å². The van der Waals surface area contributed by atoms with E-state index in [-0.39, 0.29) is 12.4 Å². The summed E-state index contributed by atoms with van der Waals surface area (Å²) in [6.45, 7) is 0.804. The van der Waals surface area contributed by atoms with Gasteiger partial charge in [0.15, 0.2) is 5.78 Å². The number of aliphatic hydroxyl groups excluding tert-OH is 1. The lowest BCUT2D eigenvalue weighted by Crippen LogP contribution is -2.14. The largest absolute Gasteiger partial charge is 0.396 e. The van der Waals surface area contributed by atoms with Crippen molar-refractivity contribution < 1.29 is 9.90 Å². The lowest BCUT2D eigenvalue weighted by Gasteiger charge is -2.16. The van der Waals surface area contributed by atoms with E-state index >= 15 is 0 Å². The van der Waals surface area contributed by atoms with Crippen molar-refractivity contribution in [2.45, 2.75) is 32.2 Å². The van der Waals surface area contributed by atoms with Crippen LogP contribution < -0.4 is 5.32 Å². The molecule has 138 valence electrons. The number of Topliss-reactive ketones (excluding diaryl/α,β-unsaturated/α-hetero) is 1. The summed E-state index contributed by atoms with van der Waals surface area (Å²) >= 11 is 0. The number of hydrogen-bond acceptors (Lipinski definition) is 4.